The summed E-state index contributed by atoms with van der Waals surface area (Å²) < 4.78 is 87.8. The molecule has 0 aliphatic heterocycles. The second kappa shape index (κ2) is 14.5. The van der Waals surface area contributed by atoms with Gasteiger partial charge >= 0.3 is 12.1 Å². The molecular weight excluding hydrogens is 616 g/mol. The van der Waals surface area contributed by atoms with Crippen LogP contribution >= 0.6 is 0 Å². The van der Waals surface area contributed by atoms with Crippen LogP contribution in [0.25, 0.3) is 11.1 Å². The van der Waals surface area contributed by atoms with Crippen LogP contribution in [0.3, 0.4) is 0 Å². The van der Waals surface area contributed by atoms with Gasteiger partial charge in [-0.1, -0.05) is 13.8 Å². The monoisotopic (exact) mass is 653 g/mol. The van der Waals surface area contributed by atoms with Gasteiger partial charge in [-0.25, -0.2) is 13.2 Å². The third-order valence-corrected chi connectivity index (χ3v) is 7.50. The average Bonchev–Trinajstić information content (AvgIpc) is 2.91. The Morgan fingerprint density at radius 1 is 1.00 bits per heavy atom. The lowest BCUT2D eigenvalue weighted by Crippen LogP contribution is -2.41. The van der Waals surface area contributed by atoms with E-state index in [1.807, 2.05) is 4.90 Å². The van der Waals surface area contributed by atoms with Crippen molar-refractivity contribution in [3.05, 3.63) is 92.2 Å². The number of nitrogens with zero attached hydrogens (tertiary/aromatic N) is 2. The van der Waals surface area contributed by atoms with Crippen molar-refractivity contribution in [3.63, 3.8) is 0 Å². The average molecular weight is 654 g/mol. The minimum Gasteiger partial charge on any atom is -0.481 e. The van der Waals surface area contributed by atoms with Gasteiger partial charge in [0.05, 0.1) is 18.0 Å². The van der Waals surface area contributed by atoms with E-state index in [2.05, 4.69) is 5.32 Å². The number of carbonyl (C=O) groups is 2. The molecule has 0 radical (unpaired) electrons. The van der Waals surface area contributed by atoms with E-state index in [0.29, 0.717) is 24.6 Å². The van der Waals surface area contributed by atoms with Gasteiger partial charge < -0.3 is 19.9 Å². The summed E-state index contributed by atoms with van der Waals surface area (Å²) in [5.74, 6) is -6.39. The van der Waals surface area contributed by atoms with Gasteiger partial charge in [0.15, 0.2) is 5.82 Å². The van der Waals surface area contributed by atoms with E-state index in [-0.39, 0.29) is 34.6 Å². The predicted octanol–water partition coefficient (Wildman–Crippen LogP) is 6.59. The molecule has 1 amide bonds. The maximum Gasteiger partial charge on any atom is 0.419 e. The van der Waals surface area contributed by atoms with Crippen LogP contribution in [0.15, 0.2) is 41.3 Å². The SMILES string of the molecule is Cc1cc(F)cc(C)c1-c1cc(C(CC(=O)O)NC(=O)C(CC(C)C)n2cc(CCN(C)C)cc(F)c2=O)c(F)c(C(F)(F)F)c1. The van der Waals surface area contributed by atoms with Crippen molar-refractivity contribution in [1.29, 1.82) is 0 Å². The smallest absolute Gasteiger partial charge is 0.419 e. The van der Waals surface area contributed by atoms with E-state index in [1.165, 1.54) is 20.0 Å². The Balaban J connectivity index is 2.21. The molecule has 2 unspecified atom stereocenters. The summed E-state index contributed by atoms with van der Waals surface area (Å²) >= 11 is 0. The first kappa shape index (κ1) is 36.3. The van der Waals surface area contributed by atoms with Crippen molar-refractivity contribution < 1.29 is 41.0 Å². The molecule has 0 aliphatic rings. The van der Waals surface area contributed by atoms with Crippen molar-refractivity contribution >= 4 is 11.9 Å². The number of rotatable bonds is 12. The molecular formula is C33H37F6N3O4. The fourth-order valence-corrected chi connectivity index (χ4v) is 5.44. The van der Waals surface area contributed by atoms with Crippen LogP contribution in [0.2, 0.25) is 0 Å². The number of hydrogen-bond acceptors (Lipinski definition) is 4. The number of aliphatic carboxylic acids is 1. The molecule has 1 aromatic heterocycles. The van der Waals surface area contributed by atoms with Gasteiger partial charge in [-0.05, 0) is 105 Å². The minimum absolute atomic E-state index is 0.0353. The standard InChI is InChI=1S/C33H37F6N3O4/c1-17(2)9-27(42-16-20(7-8-41(5)6)12-25(35)32(42)46)31(45)40-26(15-28(43)44)23-13-21(14-24(30(23)36)33(37,38)39)29-18(3)10-22(34)11-19(29)4/h10-14,16-17,26-27H,7-9,15H2,1-6H3,(H,40,45)(H,43,44). The number of carboxylic acid groups (broad SMARTS) is 1. The van der Waals surface area contributed by atoms with E-state index in [1.54, 1.807) is 27.9 Å². The van der Waals surface area contributed by atoms with Crippen LogP contribution in [0.1, 0.15) is 66.6 Å². The Morgan fingerprint density at radius 2 is 1.61 bits per heavy atom. The van der Waals surface area contributed by atoms with Crippen molar-refractivity contribution in [2.24, 2.45) is 5.92 Å². The number of carbonyl (C=O) groups excluding carboxylic acids is 1. The number of hydrogen-bond donors (Lipinski definition) is 2. The molecule has 2 N–H and O–H groups in total. The van der Waals surface area contributed by atoms with Crippen LogP contribution in [-0.4, -0.2) is 47.1 Å². The molecule has 2 atom stereocenters. The number of alkyl halides is 3. The van der Waals surface area contributed by atoms with Crippen LogP contribution in [-0.2, 0) is 22.2 Å². The van der Waals surface area contributed by atoms with Crippen molar-refractivity contribution in [2.75, 3.05) is 20.6 Å². The Bertz CT molecular complexity index is 1640. The van der Waals surface area contributed by atoms with Crippen LogP contribution in [0, 0.1) is 37.2 Å². The lowest BCUT2D eigenvalue weighted by molar-refractivity contribution is -0.140. The fraction of sp³-hybridized carbons (Fsp3) is 0.424. The first-order valence-corrected chi connectivity index (χ1v) is 14.5. The summed E-state index contributed by atoms with van der Waals surface area (Å²) in [5, 5.41) is 12.0. The maximum atomic E-state index is 15.7. The third-order valence-electron chi connectivity index (χ3n) is 7.50. The van der Waals surface area contributed by atoms with E-state index < -0.39 is 70.7 Å². The Labute approximate surface area is 262 Å². The number of nitrogens with one attached hydrogen (secondary N) is 1. The van der Waals surface area contributed by atoms with Gasteiger partial charge in [-0.3, -0.25) is 14.4 Å². The highest BCUT2D eigenvalue weighted by Gasteiger charge is 2.38. The number of amides is 1. The minimum atomic E-state index is -5.22. The lowest BCUT2D eigenvalue weighted by Gasteiger charge is -2.27. The molecule has 0 fully saturated rings. The van der Waals surface area contributed by atoms with Gasteiger partial charge in [-0.15, -0.1) is 0 Å². The lowest BCUT2D eigenvalue weighted by atomic mass is 9.89. The molecule has 3 rings (SSSR count). The number of benzene rings is 2. The number of aryl methyl sites for hydroxylation is 2. The summed E-state index contributed by atoms with van der Waals surface area (Å²) in [6, 6.07) is 1.54. The first-order chi connectivity index (χ1) is 21.3. The van der Waals surface area contributed by atoms with Crippen LogP contribution < -0.4 is 10.9 Å². The second-order valence-electron chi connectivity index (χ2n) is 12.1. The number of carboxylic acids is 1. The van der Waals surface area contributed by atoms with E-state index >= 15 is 4.39 Å². The second-order valence-corrected chi connectivity index (χ2v) is 12.1. The van der Waals surface area contributed by atoms with E-state index in [0.717, 1.165) is 28.8 Å². The number of halogens is 6. The number of pyridine rings is 1. The van der Waals surface area contributed by atoms with Gasteiger partial charge in [0.25, 0.3) is 5.56 Å². The highest BCUT2D eigenvalue weighted by atomic mass is 19.4. The predicted molar refractivity (Wildman–Crippen MR) is 161 cm³/mol. The highest BCUT2D eigenvalue weighted by molar-refractivity contribution is 5.82. The molecule has 0 bridgehead atoms. The molecule has 7 nitrogen and oxygen atoms in total. The Kier molecular flexibility index (Phi) is 11.5. The Morgan fingerprint density at radius 3 is 2.13 bits per heavy atom. The summed E-state index contributed by atoms with van der Waals surface area (Å²) in [4.78, 5) is 40.4. The maximum absolute atomic E-state index is 15.7. The highest BCUT2D eigenvalue weighted by Crippen LogP contribution is 2.40. The normalized spacial score (nSPS) is 13.3. The zero-order valence-corrected chi connectivity index (χ0v) is 26.4. The topological polar surface area (TPSA) is 91.6 Å². The summed E-state index contributed by atoms with van der Waals surface area (Å²) in [5.41, 5.74) is -2.73. The molecule has 46 heavy (non-hydrogen) atoms. The molecule has 1 heterocycles. The molecule has 0 spiro atoms. The van der Waals surface area contributed by atoms with Crippen molar-refractivity contribution in [3.8, 4) is 11.1 Å². The summed E-state index contributed by atoms with van der Waals surface area (Å²) in [6.07, 6.45) is -4.64. The largest absolute Gasteiger partial charge is 0.481 e. The summed E-state index contributed by atoms with van der Waals surface area (Å²) in [6.45, 7) is 6.84. The van der Waals surface area contributed by atoms with Gasteiger partial charge in [0, 0.05) is 18.3 Å². The van der Waals surface area contributed by atoms with Gasteiger partial charge in [-0.2, -0.15) is 13.2 Å². The van der Waals surface area contributed by atoms with E-state index in [4.69, 9.17) is 0 Å². The number of likely N-dealkylation sites (N-methyl/N-ethyl adjacent to an activating group) is 1. The first-order valence-electron chi connectivity index (χ1n) is 14.5. The van der Waals surface area contributed by atoms with Crippen LogP contribution in [0.4, 0.5) is 26.3 Å². The van der Waals surface area contributed by atoms with Crippen molar-refractivity contribution in [2.45, 2.75) is 65.2 Å². The Hall–Kier alpha value is -4.13. The zero-order valence-electron chi connectivity index (χ0n) is 26.4. The van der Waals surface area contributed by atoms with E-state index in [9.17, 15) is 41.4 Å². The van der Waals surface area contributed by atoms with Crippen LogP contribution in [0.5, 0.6) is 0 Å². The third kappa shape index (κ3) is 8.77. The fourth-order valence-electron chi connectivity index (χ4n) is 5.44. The molecule has 0 saturated carbocycles. The zero-order chi connectivity index (χ0) is 34.7. The molecule has 0 saturated heterocycles. The quantitative estimate of drug-likeness (QED) is 0.215. The van der Waals surface area contributed by atoms with Gasteiger partial charge in [0.1, 0.15) is 17.7 Å². The summed E-state index contributed by atoms with van der Waals surface area (Å²) in [7, 11) is 3.59. The number of aromatic nitrogens is 1. The van der Waals surface area contributed by atoms with Gasteiger partial charge in [0.2, 0.25) is 5.91 Å². The molecule has 2 aromatic carbocycles. The van der Waals surface area contributed by atoms with Crippen molar-refractivity contribution in [1.82, 2.24) is 14.8 Å². The molecule has 0 aliphatic carbocycles. The molecule has 250 valence electrons. The molecule has 3 aromatic rings. The molecule has 13 heteroatoms.